The molecule has 0 amide bonds. The Morgan fingerprint density at radius 3 is 1.87 bits per heavy atom. The van der Waals surface area contributed by atoms with Crippen molar-refractivity contribution in [3.05, 3.63) is 0 Å². The summed E-state index contributed by atoms with van der Waals surface area (Å²) in [7, 11) is 0. The molecular weight excluding hydrogens is 416 g/mol. The number of rotatable bonds is 12. The smallest absolute Gasteiger partial charge is 0.187 e. The van der Waals surface area contributed by atoms with Gasteiger partial charge in [0.2, 0.25) is 0 Å². The van der Waals surface area contributed by atoms with E-state index in [1.807, 2.05) is 0 Å². The van der Waals surface area contributed by atoms with Crippen molar-refractivity contribution in [1.82, 2.24) is 0 Å². The zero-order valence-electron chi connectivity index (χ0n) is 17.9. The van der Waals surface area contributed by atoms with Crippen molar-refractivity contribution in [2.45, 2.75) is 107 Å². The number of ether oxygens (including phenoxy) is 4. The van der Waals surface area contributed by atoms with Gasteiger partial charge in [-0.3, -0.25) is 0 Å². The lowest BCUT2D eigenvalue weighted by Gasteiger charge is -2.45. The molecule has 2 fully saturated rings. The van der Waals surface area contributed by atoms with Gasteiger partial charge < -0.3 is 54.7 Å². The van der Waals surface area contributed by atoms with E-state index in [1.165, 1.54) is 6.42 Å². The highest BCUT2D eigenvalue weighted by Crippen LogP contribution is 2.29. The molecule has 7 N–H and O–H groups in total. The van der Waals surface area contributed by atoms with Crippen molar-refractivity contribution < 1.29 is 54.7 Å². The van der Waals surface area contributed by atoms with Crippen LogP contribution in [-0.4, -0.2) is 117 Å². The first-order valence-corrected chi connectivity index (χ1v) is 11.1. The fraction of sp³-hybridized carbons (Fsp3) is 1.00. The molecular formula is C20H38O11. The summed E-state index contributed by atoms with van der Waals surface area (Å²) in [5.41, 5.74) is 0. The minimum Gasteiger partial charge on any atom is -0.394 e. The molecule has 2 aliphatic rings. The van der Waals surface area contributed by atoms with E-state index in [0.29, 0.717) is 6.61 Å². The summed E-state index contributed by atoms with van der Waals surface area (Å²) < 4.78 is 21.9. The molecule has 0 aromatic rings. The minimum atomic E-state index is -1.69. The molecule has 2 heterocycles. The van der Waals surface area contributed by atoms with Gasteiger partial charge in [0, 0.05) is 6.61 Å². The molecule has 0 saturated carbocycles. The average molecular weight is 455 g/mol. The Kier molecular flexibility index (Phi) is 11.5. The van der Waals surface area contributed by atoms with Crippen LogP contribution in [0.25, 0.3) is 0 Å². The van der Waals surface area contributed by atoms with Gasteiger partial charge in [0.1, 0.15) is 48.8 Å². The van der Waals surface area contributed by atoms with Gasteiger partial charge in [0.15, 0.2) is 12.6 Å². The lowest BCUT2D eigenvalue weighted by atomic mass is 9.97. The molecule has 2 rings (SSSR count). The molecule has 0 aromatic heterocycles. The average Bonchev–Trinajstić information content (AvgIpc) is 2.77. The predicted molar refractivity (Wildman–Crippen MR) is 106 cm³/mol. The molecule has 0 bridgehead atoms. The molecule has 0 aromatic carbocycles. The highest BCUT2D eigenvalue weighted by atomic mass is 16.7. The maximum Gasteiger partial charge on any atom is 0.187 e. The number of unbranched alkanes of at least 4 members (excludes halogenated alkanes) is 5. The Balaban J connectivity index is 1.90. The zero-order chi connectivity index (χ0) is 23.0. The maximum absolute atomic E-state index is 10.5. The normalized spacial score (nSPS) is 41.4. The second kappa shape index (κ2) is 13.3. The van der Waals surface area contributed by atoms with Crippen LogP contribution in [-0.2, 0) is 18.9 Å². The van der Waals surface area contributed by atoms with Gasteiger partial charge in [-0.05, 0) is 6.42 Å². The SMILES string of the molecule is CCCCCCCCOC1O[C@H](CO)[C@@H](O[C@@H]2O[C@H](CO)[C@H](O)[C@H](O)[C@H]2O)[C@H](O)[C@H]1O. The summed E-state index contributed by atoms with van der Waals surface area (Å²) in [4.78, 5) is 0. The Morgan fingerprint density at radius 2 is 1.23 bits per heavy atom. The maximum atomic E-state index is 10.5. The molecule has 0 radical (unpaired) electrons. The van der Waals surface area contributed by atoms with Gasteiger partial charge in [-0.1, -0.05) is 39.0 Å². The van der Waals surface area contributed by atoms with Crippen molar-refractivity contribution >= 4 is 0 Å². The lowest BCUT2D eigenvalue weighted by Crippen LogP contribution is -2.64. The largest absolute Gasteiger partial charge is 0.394 e. The van der Waals surface area contributed by atoms with Crippen LogP contribution < -0.4 is 0 Å². The number of aliphatic hydroxyl groups is 7. The summed E-state index contributed by atoms with van der Waals surface area (Å²) in [6.07, 6.45) is -7.98. The topological polar surface area (TPSA) is 179 Å². The van der Waals surface area contributed by atoms with E-state index < -0.39 is 74.6 Å². The standard InChI is InChI=1S/C20H38O11/c1-2-3-4-5-6-7-8-28-19-17(27)15(25)18(12(10-22)30-19)31-20-16(26)14(24)13(23)11(9-21)29-20/h11-27H,2-10H2,1H3/t11-,12-,13+,14+,15-,16-,17-,18-,19?,20+/m1/s1. The van der Waals surface area contributed by atoms with Gasteiger partial charge in [-0.2, -0.15) is 0 Å². The van der Waals surface area contributed by atoms with Crippen LogP contribution in [0.15, 0.2) is 0 Å². The van der Waals surface area contributed by atoms with Gasteiger partial charge in [-0.25, -0.2) is 0 Å². The van der Waals surface area contributed by atoms with E-state index in [9.17, 15) is 35.7 Å². The fourth-order valence-electron chi connectivity index (χ4n) is 3.77. The third-order valence-electron chi connectivity index (χ3n) is 5.74. The monoisotopic (exact) mass is 454 g/mol. The van der Waals surface area contributed by atoms with Crippen molar-refractivity contribution in [3.63, 3.8) is 0 Å². The predicted octanol–water partition coefficient (Wildman–Crippen LogP) is -2.01. The van der Waals surface area contributed by atoms with E-state index >= 15 is 0 Å². The number of aliphatic hydroxyl groups excluding tert-OH is 7. The Morgan fingerprint density at radius 1 is 0.645 bits per heavy atom. The highest BCUT2D eigenvalue weighted by Gasteiger charge is 2.50. The first-order chi connectivity index (χ1) is 14.8. The summed E-state index contributed by atoms with van der Waals surface area (Å²) in [6, 6.07) is 0. The van der Waals surface area contributed by atoms with Crippen LogP contribution >= 0.6 is 0 Å². The second-order valence-electron chi connectivity index (χ2n) is 8.14. The molecule has 2 aliphatic heterocycles. The highest BCUT2D eigenvalue weighted by molar-refractivity contribution is 4.94. The van der Waals surface area contributed by atoms with Crippen molar-refractivity contribution in [3.8, 4) is 0 Å². The Bertz CT molecular complexity index is 492. The first-order valence-electron chi connectivity index (χ1n) is 11.1. The van der Waals surface area contributed by atoms with E-state index in [1.54, 1.807) is 0 Å². The quantitative estimate of drug-likeness (QED) is 0.162. The van der Waals surface area contributed by atoms with Crippen molar-refractivity contribution in [2.75, 3.05) is 19.8 Å². The molecule has 184 valence electrons. The summed E-state index contributed by atoms with van der Waals surface area (Å²) in [5.74, 6) is 0. The zero-order valence-corrected chi connectivity index (χ0v) is 17.9. The molecule has 2 saturated heterocycles. The van der Waals surface area contributed by atoms with Crippen molar-refractivity contribution in [2.24, 2.45) is 0 Å². The molecule has 11 heteroatoms. The van der Waals surface area contributed by atoms with Crippen LogP contribution in [0.1, 0.15) is 45.4 Å². The summed E-state index contributed by atoms with van der Waals surface area (Å²) >= 11 is 0. The molecule has 31 heavy (non-hydrogen) atoms. The van der Waals surface area contributed by atoms with Gasteiger partial charge in [0.05, 0.1) is 13.2 Å². The van der Waals surface area contributed by atoms with E-state index in [-0.39, 0.29) is 0 Å². The summed E-state index contributed by atoms with van der Waals surface area (Å²) in [6.45, 7) is 1.23. The number of hydrogen-bond donors (Lipinski definition) is 7. The minimum absolute atomic E-state index is 0.316. The summed E-state index contributed by atoms with van der Waals surface area (Å²) in [5, 5.41) is 69.7. The van der Waals surface area contributed by atoms with Gasteiger partial charge >= 0.3 is 0 Å². The Hall–Kier alpha value is -0.440. The van der Waals surface area contributed by atoms with Crippen LogP contribution in [0.2, 0.25) is 0 Å². The van der Waals surface area contributed by atoms with Crippen LogP contribution in [0.4, 0.5) is 0 Å². The Labute approximate surface area is 182 Å². The molecule has 11 nitrogen and oxygen atoms in total. The van der Waals surface area contributed by atoms with Gasteiger partial charge in [-0.15, -0.1) is 0 Å². The lowest BCUT2D eigenvalue weighted by molar-refractivity contribution is -0.359. The van der Waals surface area contributed by atoms with Crippen molar-refractivity contribution in [1.29, 1.82) is 0 Å². The number of hydrogen-bond acceptors (Lipinski definition) is 11. The van der Waals surface area contributed by atoms with E-state index in [4.69, 9.17) is 18.9 Å². The van der Waals surface area contributed by atoms with Crippen LogP contribution in [0.5, 0.6) is 0 Å². The van der Waals surface area contributed by atoms with E-state index in [0.717, 1.165) is 32.1 Å². The van der Waals surface area contributed by atoms with E-state index in [2.05, 4.69) is 6.92 Å². The third kappa shape index (κ3) is 7.02. The molecule has 0 spiro atoms. The third-order valence-corrected chi connectivity index (χ3v) is 5.74. The molecule has 10 atom stereocenters. The molecule has 1 unspecified atom stereocenters. The fourth-order valence-corrected chi connectivity index (χ4v) is 3.77. The van der Waals surface area contributed by atoms with Crippen LogP contribution in [0, 0.1) is 0 Å². The molecule has 0 aliphatic carbocycles. The van der Waals surface area contributed by atoms with Gasteiger partial charge in [0.25, 0.3) is 0 Å². The van der Waals surface area contributed by atoms with Crippen LogP contribution in [0.3, 0.4) is 0 Å². The first kappa shape index (κ1) is 26.8. The second-order valence-corrected chi connectivity index (χ2v) is 8.14.